The van der Waals surface area contributed by atoms with Crippen LogP contribution in [0.2, 0.25) is 5.02 Å². The van der Waals surface area contributed by atoms with E-state index in [2.05, 4.69) is 15.9 Å². The van der Waals surface area contributed by atoms with E-state index in [0.717, 1.165) is 10.0 Å². The molecule has 0 amide bonds. The minimum absolute atomic E-state index is 0.0358. The van der Waals surface area contributed by atoms with Crippen molar-refractivity contribution in [1.82, 2.24) is 0 Å². The summed E-state index contributed by atoms with van der Waals surface area (Å²) in [5, 5.41) is 0.643. The molecule has 4 heteroatoms. The summed E-state index contributed by atoms with van der Waals surface area (Å²) in [4.78, 5) is 12.0. The Kier molecular flexibility index (Phi) is 4.72. The SMILES string of the molecule is O=C(Cc1ccc(Cl)cc1)Cc1cc(F)ccc1Br. The molecule has 0 N–H and O–H groups in total. The second-order valence-electron chi connectivity index (χ2n) is 4.25. The van der Waals surface area contributed by atoms with E-state index in [1.807, 2.05) is 12.1 Å². The smallest absolute Gasteiger partial charge is 0.141 e. The van der Waals surface area contributed by atoms with Gasteiger partial charge < -0.3 is 0 Å². The Balaban J connectivity index is 2.05. The molecular formula is C15H11BrClFO. The zero-order valence-electron chi connectivity index (χ0n) is 10.00. The molecule has 1 nitrogen and oxygen atoms in total. The lowest BCUT2D eigenvalue weighted by Gasteiger charge is -2.05. The van der Waals surface area contributed by atoms with Crippen LogP contribution in [0.1, 0.15) is 11.1 Å². The lowest BCUT2D eigenvalue weighted by atomic mass is 10.0. The summed E-state index contributed by atoms with van der Waals surface area (Å²) >= 11 is 9.10. The van der Waals surface area contributed by atoms with Crippen molar-refractivity contribution in [3.63, 3.8) is 0 Å². The molecule has 0 spiro atoms. The molecule has 2 rings (SSSR count). The van der Waals surface area contributed by atoms with E-state index in [0.29, 0.717) is 17.0 Å². The number of Topliss-reactive ketones (excluding diaryl/α,β-unsaturated/α-hetero) is 1. The molecule has 0 radical (unpaired) electrons. The summed E-state index contributed by atoms with van der Waals surface area (Å²) in [6.07, 6.45) is 0.529. The molecule has 19 heavy (non-hydrogen) atoms. The Morgan fingerprint density at radius 3 is 2.47 bits per heavy atom. The van der Waals surface area contributed by atoms with E-state index in [9.17, 15) is 9.18 Å². The molecule has 0 saturated carbocycles. The largest absolute Gasteiger partial charge is 0.299 e. The van der Waals surface area contributed by atoms with Gasteiger partial charge in [-0.05, 0) is 41.5 Å². The minimum Gasteiger partial charge on any atom is -0.299 e. The lowest BCUT2D eigenvalue weighted by Crippen LogP contribution is -2.07. The van der Waals surface area contributed by atoms with Crippen LogP contribution < -0.4 is 0 Å². The number of rotatable bonds is 4. The van der Waals surface area contributed by atoms with Crippen LogP contribution in [0.25, 0.3) is 0 Å². The van der Waals surface area contributed by atoms with Gasteiger partial charge in [0.15, 0.2) is 0 Å². The van der Waals surface area contributed by atoms with Crippen LogP contribution in [0.5, 0.6) is 0 Å². The Labute approximate surface area is 124 Å². The molecule has 2 aromatic carbocycles. The first-order valence-electron chi connectivity index (χ1n) is 5.74. The highest BCUT2D eigenvalue weighted by Gasteiger charge is 2.09. The number of carbonyl (C=O) groups excluding carboxylic acids is 1. The van der Waals surface area contributed by atoms with Crippen LogP contribution >= 0.6 is 27.5 Å². The zero-order chi connectivity index (χ0) is 13.8. The number of hydrogen-bond acceptors (Lipinski definition) is 1. The van der Waals surface area contributed by atoms with Gasteiger partial charge in [0.25, 0.3) is 0 Å². The number of ketones is 1. The standard InChI is InChI=1S/C15H11BrClFO/c16-15-6-5-13(18)8-11(15)9-14(19)7-10-1-3-12(17)4-2-10/h1-6,8H,7,9H2. The van der Waals surface area contributed by atoms with Gasteiger partial charge in [-0.3, -0.25) is 4.79 Å². The third-order valence-electron chi connectivity index (χ3n) is 2.71. The molecule has 0 heterocycles. The number of hydrogen-bond donors (Lipinski definition) is 0. The molecule has 0 aliphatic rings. The van der Waals surface area contributed by atoms with Crippen molar-refractivity contribution in [3.05, 3.63) is 68.9 Å². The molecular weight excluding hydrogens is 331 g/mol. The molecule has 0 bridgehead atoms. The van der Waals surface area contributed by atoms with Crippen LogP contribution in [0, 0.1) is 5.82 Å². The van der Waals surface area contributed by atoms with Gasteiger partial charge >= 0.3 is 0 Å². The molecule has 0 saturated heterocycles. The molecule has 2 aromatic rings. The third-order valence-corrected chi connectivity index (χ3v) is 3.74. The molecule has 98 valence electrons. The zero-order valence-corrected chi connectivity index (χ0v) is 12.3. The van der Waals surface area contributed by atoms with Crippen LogP contribution in [-0.4, -0.2) is 5.78 Å². The van der Waals surface area contributed by atoms with Gasteiger partial charge in [0, 0.05) is 22.3 Å². The Morgan fingerprint density at radius 1 is 1.11 bits per heavy atom. The van der Waals surface area contributed by atoms with Crippen molar-refractivity contribution in [1.29, 1.82) is 0 Å². The Bertz CT molecular complexity index is 596. The topological polar surface area (TPSA) is 17.1 Å². The number of carbonyl (C=O) groups is 1. The van der Waals surface area contributed by atoms with Crippen LogP contribution in [0.3, 0.4) is 0 Å². The van der Waals surface area contributed by atoms with E-state index in [4.69, 9.17) is 11.6 Å². The second kappa shape index (κ2) is 6.31. The molecule has 0 unspecified atom stereocenters. The van der Waals surface area contributed by atoms with Crippen LogP contribution in [0.15, 0.2) is 46.9 Å². The van der Waals surface area contributed by atoms with E-state index in [-0.39, 0.29) is 18.0 Å². The van der Waals surface area contributed by atoms with Gasteiger partial charge in [0.1, 0.15) is 11.6 Å². The Hall–Kier alpha value is -1.19. The van der Waals surface area contributed by atoms with Crippen molar-refractivity contribution in [2.45, 2.75) is 12.8 Å². The molecule has 0 aromatic heterocycles. The quantitative estimate of drug-likeness (QED) is 0.794. The van der Waals surface area contributed by atoms with E-state index in [1.165, 1.54) is 12.1 Å². The van der Waals surface area contributed by atoms with Crippen molar-refractivity contribution in [3.8, 4) is 0 Å². The summed E-state index contributed by atoms with van der Waals surface area (Å²) in [5.74, 6) is -0.300. The van der Waals surface area contributed by atoms with Gasteiger partial charge in [-0.2, -0.15) is 0 Å². The maximum atomic E-state index is 13.1. The Morgan fingerprint density at radius 2 is 1.79 bits per heavy atom. The summed E-state index contributed by atoms with van der Waals surface area (Å²) in [6, 6.07) is 11.5. The monoisotopic (exact) mass is 340 g/mol. The van der Waals surface area contributed by atoms with Crippen LogP contribution in [0.4, 0.5) is 4.39 Å². The third kappa shape index (κ3) is 4.15. The lowest BCUT2D eigenvalue weighted by molar-refractivity contribution is -0.117. The maximum Gasteiger partial charge on any atom is 0.141 e. The average Bonchev–Trinajstić information content (AvgIpc) is 2.37. The van der Waals surface area contributed by atoms with Gasteiger partial charge in [0.05, 0.1) is 0 Å². The molecule has 0 fully saturated rings. The van der Waals surface area contributed by atoms with Gasteiger partial charge in [-0.1, -0.05) is 39.7 Å². The highest BCUT2D eigenvalue weighted by molar-refractivity contribution is 9.10. The fraction of sp³-hybridized carbons (Fsp3) is 0.133. The number of halogens is 3. The molecule has 0 aliphatic heterocycles. The van der Waals surface area contributed by atoms with Crippen LogP contribution in [-0.2, 0) is 17.6 Å². The summed E-state index contributed by atoms with van der Waals surface area (Å²) in [5.41, 5.74) is 1.57. The first-order chi connectivity index (χ1) is 9.04. The maximum absolute atomic E-state index is 13.1. The van der Waals surface area contributed by atoms with E-state index < -0.39 is 0 Å². The summed E-state index contributed by atoms with van der Waals surface area (Å²) < 4.78 is 13.9. The highest BCUT2D eigenvalue weighted by atomic mass is 79.9. The second-order valence-corrected chi connectivity index (χ2v) is 5.55. The van der Waals surface area contributed by atoms with Gasteiger partial charge in [0.2, 0.25) is 0 Å². The number of benzene rings is 2. The average molecular weight is 342 g/mol. The van der Waals surface area contributed by atoms with Crippen molar-refractivity contribution < 1.29 is 9.18 Å². The van der Waals surface area contributed by atoms with Crippen molar-refractivity contribution in [2.75, 3.05) is 0 Å². The van der Waals surface area contributed by atoms with Gasteiger partial charge in [-0.15, -0.1) is 0 Å². The predicted molar refractivity (Wildman–Crippen MR) is 78.0 cm³/mol. The van der Waals surface area contributed by atoms with E-state index in [1.54, 1.807) is 18.2 Å². The van der Waals surface area contributed by atoms with Crippen molar-refractivity contribution >= 4 is 33.3 Å². The molecule has 0 atom stereocenters. The van der Waals surface area contributed by atoms with Gasteiger partial charge in [-0.25, -0.2) is 4.39 Å². The summed E-state index contributed by atoms with van der Waals surface area (Å²) in [7, 11) is 0. The minimum atomic E-state index is -0.336. The summed E-state index contributed by atoms with van der Waals surface area (Å²) in [6.45, 7) is 0. The fourth-order valence-electron chi connectivity index (χ4n) is 1.78. The normalized spacial score (nSPS) is 10.5. The van der Waals surface area contributed by atoms with E-state index >= 15 is 0 Å². The highest BCUT2D eigenvalue weighted by Crippen LogP contribution is 2.19. The van der Waals surface area contributed by atoms with Crippen molar-refractivity contribution in [2.24, 2.45) is 0 Å². The molecule has 0 aliphatic carbocycles. The first-order valence-corrected chi connectivity index (χ1v) is 6.92. The first kappa shape index (κ1) is 14.2. The fourth-order valence-corrected chi connectivity index (χ4v) is 2.30. The predicted octanol–water partition coefficient (Wildman–Crippen LogP) is 4.60.